The fraction of sp³-hybridized carbons (Fsp3) is 0.391. The topological polar surface area (TPSA) is 70.7 Å². The van der Waals surface area contributed by atoms with E-state index in [2.05, 4.69) is 22.8 Å². The molecule has 0 saturated carbocycles. The molecule has 0 unspecified atom stereocenters. The number of anilines is 1. The lowest BCUT2D eigenvalue weighted by atomic mass is 10.1. The van der Waals surface area contributed by atoms with Gasteiger partial charge in [0.15, 0.2) is 0 Å². The summed E-state index contributed by atoms with van der Waals surface area (Å²) in [5.74, 6) is 0. The molecule has 1 heterocycles. The van der Waals surface area contributed by atoms with Crippen molar-refractivity contribution < 1.29 is 14.3 Å². The number of hydrogen-bond donors (Lipinski definition) is 2. The first-order chi connectivity index (χ1) is 13.8. The number of carbonyl (C=O) groups excluding carboxylic acids is 2. The molecule has 1 aliphatic rings. The number of nitrogens with zero attached hydrogens (tertiary/aromatic N) is 1. The number of hydrogen-bond acceptors (Lipinski definition) is 3. The Bertz CT molecular complexity index is 821. The highest BCUT2D eigenvalue weighted by atomic mass is 16.6. The molecule has 0 spiro atoms. The van der Waals surface area contributed by atoms with Crippen LogP contribution in [0.5, 0.6) is 0 Å². The fourth-order valence-corrected chi connectivity index (χ4v) is 3.26. The van der Waals surface area contributed by atoms with Gasteiger partial charge in [0.2, 0.25) is 0 Å². The number of ether oxygens (including phenoxy) is 1. The van der Waals surface area contributed by atoms with Crippen molar-refractivity contribution >= 4 is 17.8 Å². The summed E-state index contributed by atoms with van der Waals surface area (Å²) in [7, 11) is 0. The summed E-state index contributed by atoms with van der Waals surface area (Å²) in [6, 6.07) is 17.7. The molecule has 0 radical (unpaired) electrons. The predicted molar refractivity (Wildman–Crippen MR) is 115 cm³/mol. The van der Waals surface area contributed by atoms with Crippen LogP contribution in [0.1, 0.15) is 33.6 Å². The number of carbonyl (C=O) groups is 2. The van der Waals surface area contributed by atoms with Crippen LogP contribution < -0.4 is 10.6 Å². The maximum atomic E-state index is 12.3. The molecular formula is C23H29N3O3. The Morgan fingerprint density at radius 2 is 1.52 bits per heavy atom. The average Bonchev–Trinajstić information content (AvgIpc) is 2.68. The SMILES string of the molecule is CC(C)(C)OC(=O)N1CCC(NC(=O)Nc2ccc(-c3ccccc3)cc2)CC1. The zero-order valence-electron chi connectivity index (χ0n) is 17.3. The molecule has 0 aromatic heterocycles. The van der Waals surface area contributed by atoms with E-state index in [0.717, 1.165) is 16.8 Å². The van der Waals surface area contributed by atoms with Crippen LogP contribution in [0.4, 0.5) is 15.3 Å². The summed E-state index contributed by atoms with van der Waals surface area (Å²) in [5, 5.41) is 5.87. The van der Waals surface area contributed by atoms with Gasteiger partial charge < -0.3 is 20.3 Å². The quantitative estimate of drug-likeness (QED) is 0.778. The Balaban J connectivity index is 1.45. The van der Waals surface area contributed by atoms with E-state index in [4.69, 9.17) is 4.74 Å². The van der Waals surface area contributed by atoms with Crippen LogP contribution in [0.25, 0.3) is 11.1 Å². The van der Waals surface area contributed by atoms with Crippen molar-refractivity contribution in [1.82, 2.24) is 10.2 Å². The van der Waals surface area contributed by atoms with E-state index in [0.29, 0.717) is 25.9 Å². The molecule has 1 saturated heterocycles. The van der Waals surface area contributed by atoms with Gasteiger partial charge in [-0.1, -0.05) is 42.5 Å². The Morgan fingerprint density at radius 3 is 2.10 bits per heavy atom. The Labute approximate surface area is 172 Å². The third-order valence-corrected chi connectivity index (χ3v) is 4.73. The summed E-state index contributed by atoms with van der Waals surface area (Å²) >= 11 is 0. The molecule has 0 aliphatic carbocycles. The monoisotopic (exact) mass is 395 g/mol. The van der Waals surface area contributed by atoms with Gasteiger partial charge in [-0.05, 0) is 56.9 Å². The highest BCUT2D eigenvalue weighted by molar-refractivity contribution is 5.89. The lowest BCUT2D eigenvalue weighted by molar-refractivity contribution is 0.0202. The molecule has 2 N–H and O–H groups in total. The molecule has 29 heavy (non-hydrogen) atoms. The van der Waals surface area contributed by atoms with Gasteiger partial charge in [0, 0.05) is 24.8 Å². The molecule has 3 rings (SSSR count). The summed E-state index contributed by atoms with van der Waals surface area (Å²) in [5.41, 5.74) is 2.49. The molecule has 0 atom stereocenters. The van der Waals surface area contributed by atoms with Crippen molar-refractivity contribution in [2.45, 2.75) is 45.3 Å². The summed E-state index contributed by atoms with van der Waals surface area (Å²) < 4.78 is 5.40. The molecule has 154 valence electrons. The largest absolute Gasteiger partial charge is 0.444 e. The first-order valence-corrected chi connectivity index (χ1v) is 10.0. The fourth-order valence-electron chi connectivity index (χ4n) is 3.26. The molecule has 6 heteroatoms. The molecule has 1 fully saturated rings. The highest BCUT2D eigenvalue weighted by Gasteiger charge is 2.27. The lowest BCUT2D eigenvalue weighted by Crippen LogP contribution is -2.48. The van der Waals surface area contributed by atoms with Crippen LogP contribution in [0.2, 0.25) is 0 Å². The van der Waals surface area contributed by atoms with Gasteiger partial charge in [0.1, 0.15) is 5.60 Å². The van der Waals surface area contributed by atoms with Gasteiger partial charge in [0.25, 0.3) is 0 Å². The minimum Gasteiger partial charge on any atom is -0.444 e. The van der Waals surface area contributed by atoms with Crippen LogP contribution in [0, 0.1) is 0 Å². The number of nitrogens with one attached hydrogen (secondary N) is 2. The number of piperidine rings is 1. The van der Waals surface area contributed by atoms with Crippen LogP contribution in [-0.4, -0.2) is 41.8 Å². The first-order valence-electron chi connectivity index (χ1n) is 10.0. The molecule has 0 bridgehead atoms. The maximum absolute atomic E-state index is 12.3. The van der Waals surface area contributed by atoms with Gasteiger partial charge in [-0.15, -0.1) is 0 Å². The standard InChI is InChI=1S/C23H29N3O3/c1-23(2,3)29-22(28)26-15-13-20(14-16-26)25-21(27)24-19-11-9-18(10-12-19)17-7-5-4-6-8-17/h4-12,20H,13-16H2,1-3H3,(H2,24,25,27). The summed E-state index contributed by atoms with van der Waals surface area (Å²) in [6.07, 6.45) is 1.12. The second-order valence-corrected chi connectivity index (χ2v) is 8.28. The molecule has 2 aromatic carbocycles. The van der Waals surface area contributed by atoms with E-state index in [1.165, 1.54) is 0 Å². The van der Waals surface area contributed by atoms with E-state index >= 15 is 0 Å². The Hall–Kier alpha value is -3.02. The lowest BCUT2D eigenvalue weighted by Gasteiger charge is -2.33. The third kappa shape index (κ3) is 6.24. The van der Waals surface area contributed by atoms with E-state index in [1.807, 2.05) is 63.2 Å². The predicted octanol–water partition coefficient (Wildman–Crippen LogP) is 4.87. The molecular weight excluding hydrogens is 366 g/mol. The van der Waals surface area contributed by atoms with E-state index in [9.17, 15) is 9.59 Å². The summed E-state index contributed by atoms with van der Waals surface area (Å²) in [6.45, 7) is 6.72. The van der Waals surface area contributed by atoms with Crippen LogP contribution in [0.3, 0.4) is 0 Å². The second kappa shape index (κ2) is 8.99. The average molecular weight is 396 g/mol. The van der Waals surface area contributed by atoms with Gasteiger partial charge in [-0.3, -0.25) is 0 Å². The zero-order valence-corrected chi connectivity index (χ0v) is 17.3. The first kappa shape index (κ1) is 20.7. The number of rotatable bonds is 3. The maximum Gasteiger partial charge on any atom is 0.410 e. The second-order valence-electron chi connectivity index (χ2n) is 8.28. The van der Waals surface area contributed by atoms with Crippen molar-refractivity contribution in [1.29, 1.82) is 0 Å². The minimum absolute atomic E-state index is 0.0391. The van der Waals surface area contributed by atoms with Gasteiger partial charge in [0.05, 0.1) is 0 Å². The Morgan fingerprint density at radius 1 is 0.931 bits per heavy atom. The number of likely N-dealkylation sites (tertiary alicyclic amines) is 1. The molecule has 1 aliphatic heterocycles. The Kier molecular flexibility index (Phi) is 6.42. The van der Waals surface area contributed by atoms with Crippen molar-refractivity contribution in [3.05, 3.63) is 54.6 Å². The minimum atomic E-state index is -0.498. The third-order valence-electron chi connectivity index (χ3n) is 4.73. The highest BCUT2D eigenvalue weighted by Crippen LogP contribution is 2.21. The van der Waals surface area contributed by atoms with Gasteiger partial charge in [-0.2, -0.15) is 0 Å². The normalized spacial score (nSPS) is 14.9. The molecule has 6 nitrogen and oxygen atoms in total. The van der Waals surface area contributed by atoms with Crippen LogP contribution in [-0.2, 0) is 4.74 Å². The van der Waals surface area contributed by atoms with Gasteiger partial charge >= 0.3 is 12.1 Å². The van der Waals surface area contributed by atoms with Crippen molar-refractivity contribution in [3.63, 3.8) is 0 Å². The van der Waals surface area contributed by atoms with Crippen LogP contribution in [0.15, 0.2) is 54.6 Å². The number of amides is 3. The number of urea groups is 1. The van der Waals surface area contributed by atoms with E-state index < -0.39 is 5.60 Å². The van der Waals surface area contributed by atoms with Crippen molar-refractivity contribution in [2.24, 2.45) is 0 Å². The molecule has 2 aromatic rings. The molecule has 3 amide bonds. The van der Waals surface area contributed by atoms with Crippen molar-refractivity contribution in [2.75, 3.05) is 18.4 Å². The van der Waals surface area contributed by atoms with Gasteiger partial charge in [-0.25, -0.2) is 9.59 Å². The number of benzene rings is 2. The van der Waals surface area contributed by atoms with E-state index in [-0.39, 0.29) is 18.2 Å². The zero-order chi connectivity index (χ0) is 20.9. The van der Waals surface area contributed by atoms with Crippen LogP contribution >= 0.6 is 0 Å². The smallest absolute Gasteiger partial charge is 0.410 e. The van der Waals surface area contributed by atoms with E-state index in [1.54, 1.807) is 4.90 Å². The van der Waals surface area contributed by atoms with Crippen molar-refractivity contribution in [3.8, 4) is 11.1 Å². The summed E-state index contributed by atoms with van der Waals surface area (Å²) in [4.78, 5) is 26.1.